The Kier molecular flexibility index (Phi) is 3.87. The summed E-state index contributed by atoms with van der Waals surface area (Å²) in [6.07, 6.45) is 9.78. The number of rotatable bonds is 1. The Morgan fingerprint density at radius 3 is 2.35 bits per heavy atom. The van der Waals surface area contributed by atoms with Gasteiger partial charge >= 0.3 is 0 Å². The van der Waals surface area contributed by atoms with Crippen molar-refractivity contribution in [1.82, 2.24) is 0 Å². The van der Waals surface area contributed by atoms with Gasteiger partial charge in [-0.25, -0.2) is 4.39 Å². The summed E-state index contributed by atoms with van der Waals surface area (Å²) in [5.41, 5.74) is 0.756. The smallest absolute Gasteiger partial charge is 0.100 e. The van der Waals surface area contributed by atoms with Crippen molar-refractivity contribution in [3.8, 4) is 0 Å². The highest BCUT2D eigenvalue weighted by Crippen LogP contribution is 2.67. The molecule has 0 spiro atoms. The third kappa shape index (κ3) is 2.26. The Labute approximate surface area is 141 Å². The van der Waals surface area contributed by atoms with Gasteiger partial charge in [0.25, 0.3) is 0 Å². The van der Waals surface area contributed by atoms with E-state index in [-0.39, 0.29) is 6.10 Å². The highest BCUT2D eigenvalue weighted by atomic mass is 19.1. The molecule has 2 heteroatoms. The molecule has 4 aliphatic rings. The van der Waals surface area contributed by atoms with Gasteiger partial charge in [-0.15, -0.1) is 0 Å². The lowest BCUT2D eigenvalue weighted by molar-refractivity contribution is -0.126. The van der Waals surface area contributed by atoms with Crippen LogP contribution in [0.15, 0.2) is 0 Å². The molecule has 0 heterocycles. The summed E-state index contributed by atoms with van der Waals surface area (Å²) >= 11 is 0. The first-order chi connectivity index (χ1) is 10.9. The van der Waals surface area contributed by atoms with E-state index in [1.807, 2.05) is 6.92 Å². The Morgan fingerprint density at radius 1 is 0.913 bits per heavy atom. The average molecular weight is 323 g/mol. The molecule has 1 nitrogen and oxygen atoms in total. The van der Waals surface area contributed by atoms with Gasteiger partial charge in [0.1, 0.15) is 6.17 Å². The maximum absolute atomic E-state index is 13.9. The lowest BCUT2D eigenvalue weighted by atomic mass is 9.44. The van der Waals surface area contributed by atoms with E-state index >= 15 is 0 Å². The molecule has 0 aliphatic heterocycles. The van der Waals surface area contributed by atoms with Crippen LogP contribution in [0.4, 0.5) is 4.39 Å². The van der Waals surface area contributed by atoms with Gasteiger partial charge in [-0.3, -0.25) is 0 Å². The summed E-state index contributed by atoms with van der Waals surface area (Å²) in [7, 11) is 0. The SMILES string of the molecule is CC(O)[C@H]1CC[C@H]2[C@@H]3CCC4CC(F)CC[C@]4(C)[C@H]3CC[C@]12C. The summed E-state index contributed by atoms with van der Waals surface area (Å²) in [6.45, 7) is 6.99. The lowest BCUT2D eigenvalue weighted by Gasteiger charge is -2.61. The molecule has 23 heavy (non-hydrogen) atoms. The third-order valence-corrected chi connectivity index (χ3v) is 9.26. The van der Waals surface area contributed by atoms with Gasteiger partial charge in [-0.05, 0) is 105 Å². The Bertz CT molecular complexity index is 463. The molecule has 4 saturated carbocycles. The largest absolute Gasteiger partial charge is 0.393 e. The Morgan fingerprint density at radius 2 is 1.61 bits per heavy atom. The Balaban J connectivity index is 1.60. The minimum Gasteiger partial charge on any atom is -0.393 e. The summed E-state index contributed by atoms with van der Waals surface area (Å²) in [5.74, 6) is 3.60. The average Bonchev–Trinajstić information content (AvgIpc) is 2.85. The molecule has 9 atom stereocenters. The molecule has 0 aromatic carbocycles. The number of aliphatic hydroxyl groups is 1. The molecule has 4 fully saturated rings. The van der Waals surface area contributed by atoms with Crippen LogP contribution in [-0.4, -0.2) is 17.4 Å². The second-order valence-electron chi connectivity index (χ2n) is 10.00. The monoisotopic (exact) mass is 322 g/mol. The fourth-order valence-electron chi connectivity index (χ4n) is 8.04. The van der Waals surface area contributed by atoms with E-state index in [0.717, 1.165) is 37.0 Å². The van der Waals surface area contributed by atoms with E-state index in [9.17, 15) is 9.50 Å². The van der Waals surface area contributed by atoms with Crippen LogP contribution in [0, 0.1) is 40.4 Å². The standard InChI is InChI=1S/C21H35FO/c1-13(23)17-6-7-18-16-5-4-14-12-15(22)8-10-20(14,2)19(16)9-11-21(17,18)3/h13-19,23H,4-12H2,1-3H3/t13?,14?,15?,16-,17+,18-,19-,20-,21+/m0/s1. The van der Waals surface area contributed by atoms with Crippen LogP contribution in [0.5, 0.6) is 0 Å². The normalized spacial score (nSPS) is 57.3. The van der Waals surface area contributed by atoms with Gasteiger partial charge < -0.3 is 5.11 Å². The zero-order valence-electron chi connectivity index (χ0n) is 15.2. The van der Waals surface area contributed by atoms with Gasteiger partial charge in [0.2, 0.25) is 0 Å². The minimum atomic E-state index is -0.537. The second-order valence-corrected chi connectivity index (χ2v) is 10.00. The molecule has 0 amide bonds. The van der Waals surface area contributed by atoms with Crippen molar-refractivity contribution < 1.29 is 9.50 Å². The van der Waals surface area contributed by atoms with Crippen LogP contribution >= 0.6 is 0 Å². The Hall–Kier alpha value is -0.110. The maximum Gasteiger partial charge on any atom is 0.100 e. The molecule has 3 unspecified atom stereocenters. The molecule has 0 aromatic rings. The topological polar surface area (TPSA) is 20.2 Å². The van der Waals surface area contributed by atoms with E-state index in [1.165, 1.54) is 38.5 Å². The van der Waals surface area contributed by atoms with Gasteiger partial charge in [-0.2, -0.15) is 0 Å². The minimum absolute atomic E-state index is 0.157. The predicted molar refractivity (Wildman–Crippen MR) is 91.8 cm³/mol. The number of hydrogen-bond acceptors (Lipinski definition) is 1. The molecule has 0 bridgehead atoms. The second kappa shape index (κ2) is 5.44. The molecule has 4 aliphatic carbocycles. The fourth-order valence-corrected chi connectivity index (χ4v) is 8.04. The third-order valence-electron chi connectivity index (χ3n) is 9.26. The molecule has 0 radical (unpaired) electrons. The predicted octanol–water partition coefficient (Wildman–Crippen LogP) is 5.36. The van der Waals surface area contributed by atoms with Crippen LogP contribution in [0.2, 0.25) is 0 Å². The number of hydrogen-bond donors (Lipinski definition) is 1. The molecule has 1 N–H and O–H groups in total. The highest BCUT2D eigenvalue weighted by molar-refractivity contribution is 5.09. The van der Waals surface area contributed by atoms with Gasteiger partial charge in [0, 0.05) is 0 Å². The first-order valence-electron chi connectivity index (χ1n) is 10.2. The van der Waals surface area contributed by atoms with E-state index in [0.29, 0.717) is 22.7 Å². The van der Waals surface area contributed by atoms with E-state index in [4.69, 9.17) is 0 Å². The van der Waals surface area contributed by atoms with Crippen LogP contribution in [0.25, 0.3) is 0 Å². The quantitative estimate of drug-likeness (QED) is 0.688. The van der Waals surface area contributed by atoms with Crippen molar-refractivity contribution in [2.45, 2.75) is 90.8 Å². The van der Waals surface area contributed by atoms with E-state index in [1.54, 1.807) is 0 Å². The summed E-state index contributed by atoms with van der Waals surface area (Å²) in [6, 6.07) is 0. The number of fused-ring (bicyclic) bond motifs is 5. The van der Waals surface area contributed by atoms with Gasteiger partial charge in [-0.1, -0.05) is 13.8 Å². The molecule has 0 saturated heterocycles. The molecular formula is C21H35FO. The maximum atomic E-state index is 13.9. The first kappa shape index (κ1) is 16.4. The summed E-state index contributed by atoms with van der Waals surface area (Å²) < 4.78 is 13.9. The zero-order chi connectivity index (χ0) is 16.4. The molecule has 4 rings (SSSR count). The number of alkyl halides is 1. The van der Waals surface area contributed by atoms with Crippen molar-refractivity contribution in [2.75, 3.05) is 0 Å². The molecule has 0 aromatic heterocycles. The van der Waals surface area contributed by atoms with Crippen LogP contribution in [0.1, 0.15) is 78.6 Å². The van der Waals surface area contributed by atoms with Crippen molar-refractivity contribution in [3.63, 3.8) is 0 Å². The van der Waals surface area contributed by atoms with Crippen molar-refractivity contribution in [2.24, 2.45) is 40.4 Å². The number of halogens is 1. The summed E-state index contributed by atoms with van der Waals surface area (Å²) in [4.78, 5) is 0. The van der Waals surface area contributed by atoms with Crippen LogP contribution < -0.4 is 0 Å². The van der Waals surface area contributed by atoms with Crippen molar-refractivity contribution in [3.05, 3.63) is 0 Å². The first-order valence-corrected chi connectivity index (χ1v) is 10.2. The van der Waals surface area contributed by atoms with Gasteiger partial charge in [0.05, 0.1) is 6.10 Å². The fraction of sp³-hybridized carbons (Fsp3) is 1.00. The number of aliphatic hydroxyl groups excluding tert-OH is 1. The summed E-state index contributed by atoms with van der Waals surface area (Å²) in [5, 5.41) is 10.3. The zero-order valence-corrected chi connectivity index (χ0v) is 15.2. The van der Waals surface area contributed by atoms with Crippen LogP contribution in [0.3, 0.4) is 0 Å². The van der Waals surface area contributed by atoms with Crippen molar-refractivity contribution in [1.29, 1.82) is 0 Å². The van der Waals surface area contributed by atoms with Crippen molar-refractivity contribution >= 4 is 0 Å². The van der Waals surface area contributed by atoms with E-state index < -0.39 is 6.17 Å². The van der Waals surface area contributed by atoms with E-state index in [2.05, 4.69) is 13.8 Å². The molecule has 132 valence electrons. The van der Waals surface area contributed by atoms with Gasteiger partial charge in [0.15, 0.2) is 0 Å². The molecular weight excluding hydrogens is 287 g/mol. The van der Waals surface area contributed by atoms with Crippen LogP contribution in [-0.2, 0) is 0 Å². The highest BCUT2D eigenvalue weighted by Gasteiger charge is 2.60. The lowest BCUT2D eigenvalue weighted by Crippen LogP contribution is -2.54.